The van der Waals surface area contributed by atoms with Crippen molar-refractivity contribution in [3.8, 4) is 0 Å². The fourth-order valence-corrected chi connectivity index (χ4v) is 4.16. The molecule has 2 atom stereocenters. The first-order chi connectivity index (χ1) is 15.0. The lowest BCUT2D eigenvalue weighted by Crippen LogP contribution is -2.46. The molecule has 8 heteroatoms. The Bertz CT molecular complexity index is 1130. The number of methoxy groups -OCH3 is 1. The van der Waals surface area contributed by atoms with Crippen LogP contribution in [0.1, 0.15) is 12.0 Å². The van der Waals surface area contributed by atoms with Gasteiger partial charge in [0, 0.05) is 46.6 Å². The second-order valence-electron chi connectivity index (χ2n) is 7.53. The Morgan fingerprint density at radius 3 is 2.71 bits per heavy atom. The van der Waals surface area contributed by atoms with Crippen LogP contribution in [0.25, 0.3) is 10.9 Å². The number of hydrogen-bond acceptors (Lipinski definition) is 4. The molecule has 4 rings (SSSR count). The Labute approximate surface area is 187 Å². The maximum absolute atomic E-state index is 12.9. The summed E-state index contributed by atoms with van der Waals surface area (Å²) in [6.45, 7) is 0.271. The number of benzene rings is 2. The van der Waals surface area contributed by atoms with E-state index in [0.29, 0.717) is 6.42 Å². The van der Waals surface area contributed by atoms with Gasteiger partial charge in [-0.25, -0.2) is 4.79 Å². The molecule has 1 aliphatic rings. The number of fused-ring (bicyclic) bond motifs is 1. The molecule has 2 heterocycles. The number of para-hydroxylation sites is 1. The molecule has 0 aliphatic carbocycles. The van der Waals surface area contributed by atoms with Gasteiger partial charge < -0.3 is 19.9 Å². The number of carbonyl (C=O) groups is 3. The molecule has 1 saturated heterocycles. The zero-order valence-corrected chi connectivity index (χ0v) is 18.5. The summed E-state index contributed by atoms with van der Waals surface area (Å²) in [6, 6.07) is 14.3. The van der Waals surface area contributed by atoms with Crippen molar-refractivity contribution in [3.05, 3.63) is 64.8 Å². The second kappa shape index (κ2) is 8.93. The van der Waals surface area contributed by atoms with Crippen LogP contribution >= 0.6 is 15.9 Å². The van der Waals surface area contributed by atoms with Crippen molar-refractivity contribution in [2.45, 2.75) is 18.9 Å². The molecule has 1 fully saturated rings. The smallest absolute Gasteiger partial charge is 0.328 e. The molecule has 2 N–H and O–H groups in total. The minimum Gasteiger partial charge on any atom is -0.467 e. The predicted molar refractivity (Wildman–Crippen MR) is 121 cm³/mol. The Hall–Kier alpha value is -3.13. The van der Waals surface area contributed by atoms with Crippen LogP contribution in [0.3, 0.4) is 0 Å². The number of aromatic amines is 1. The molecule has 2 unspecified atom stereocenters. The summed E-state index contributed by atoms with van der Waals surface area (Å²) in [6.07, 6.45) is 2.23. The summed E-state index contributed by atoms with van der Waals surface area (Å²) in [5.41, 5.74) is 2.61. The quantitative estimate of drug-likeness (QED) is 0.526. The summed E-state index contributed by atoms with van der Waals surface area (Å²) in [5.74, 6) is -1.50. The summed E-state index contributed by atoms with van der Waals surface area (Å²) < 4.78 is 5.83. The molecule has 31 heavy (non-hydrogen) atoms. The zero-order chi connectivity index (χ0) is 22.0. The molecule has 2 aromatic carbocycles. The molecule has 1 aromatic heterocycles. The number of amides is 2. The van der Waals surface area contributed by atoms with Crippen molar-refractivity contribution < 1.29 is 19.1 Å². The summed E-state index contributed by atoms with van der Waals surface area (Å²) >= 11 is 3.38. The van der Waals surface area contributed by atoms with E-state index in [-0.39, 0.29) is 24.8 Å². The molecule has 0 saturated carbocycles. The maximum atomic E-state index is 12.9. The molecule has 1 aliphatic heterocycles. The number of nitrogens with zero attached hydrogens (tertiary/aromatic N) is 1. The first-order valence-corrected chi connectivity index (χ1v) is 10.7. The van der Waals surface area contributed by atoms with Crippen molar-refractivity contribution in [2.24, 2.45) is 5.92 Å². The number of rotatable bonds is 6. The second-order valence-corrected chi connectivity index (χ2v) is 8.45. The van der Waals surface area contributed by atoms with Gasteiger partial charge in [-0.15, -0.1) is 0 Å². The lowest BCUT2D eigenvalue weighted by Gasteiger charge is -2.19. The predicted octanol–water partition coefficient (Wildman–Crippen LogP) is 3.18. The highest BCUT2D eigenvalue weighted by Gasteiger charge is 2.37. The van der Waals surface area contributed by atoms with Crippen LogP contribution in [-0.4, -0.2) is 42.5 Å². The lowest BCUT2D eigenvalue weighted by molar-refractivity contribution is -0.145. The monoisotopic (exact) mass is 483 g/mol. The van der Waals surface area contributed by atoms with Crippen molar-refractivity contribution in [2.75, 3.05) is 18.6 Å². The number of esters is 1. The van der Waals surface area contributed by atoms with Crippen molar-refractivity contribution >= 4 is 50.3 Å². The van der Waals surface area contributed by atoms with Crippen LogP contribution < -0.4 is 10.2 Å². The van der Waals surface area contributed by atoms with E-state index in [9.17, 15) is 14.4 Å². The van der Waals surface area contributed by atoms with Crippen LogP contribution in [-0.2, 0) is 25.5 Å². The lowest BCUT2D eigenvalue weighted by atomic mass is 10.0. The van der Waals surface area contributed by atoms with Crippen LogP contribution in [0, 0.1) is 5.92 Å². The summed E-state index contributed by atoms with van der Waals surface area (Å²) in [5, 5.41) is 3.79. The molecule has 0 bridgehead atoms. The van der Waals surface area contributed by atoms with E-state index in [1.807, 2.05) is 54.7 Å². The third-order valence-corrected chi connectivity index (χ3v) is 6.06. The van der Waals surface area contributed by atoms with Crippen molar-refractivity contribution in [1.82, 2.24) is 10.3 Å². The Kier molecular flexibility index (Phi) is 6.08. The SMILES string of the molecule is COC(=O)C(Cc1c[nH]c2ccccc12)NC(=O)C1CC(=O)N(c2ccc(Br)cc2)C1. The largest absolute Gasteiger partial charge is 0.467 e. The number of halogens is 1. The molecule has 0 spiro atoms. The van der Waals surface area contributed by atoms with E-state index in [1.54, 1.807) is 4.90 Å². The number of H-pyrrole nitrogens is 1. The van der Waals surface area contributed by atoms with Gasteiger partial charge in [0.05, 0.1) is 13.0 Å². The van der Waals surface area contributed by atoms with Crippen LogP contribution in [0.2, 0.25) is 0 Å². The fourth-order valence-electron chi connectivity index (χ4n) is 3.90. The third-order valence-electron chi connectivity index (χ3n) is 5.54. The number of anilines is 1. The molecular weight excluding hydrogens is 462 g/mol. The van der Waals surface area contributed by atoms with Crippen molar-refractivity contribution in [1.29, 1.82) is 0 Å². The fraction of sp³-hybridized carbons (Fsp3) is 0.261. The van der Waals surface area contributed by atoms with Gasteiger partial charge >= 0.3 is 5.97 Å². The van der Waals surface area contributed by atoms with E-state index >= 15 is 0 Å². The summed E-state index contributed by atoms with van der Waals surface area (Å²) in [4.78, 5) is 42.6. The van der Waals surface area contributed by atoms with E-state index < -0.39 is 17.9 Å². The third kappa shape index (κ3) is 4.49. The minimum absolute atomic E-state index is 0.100. The van der Waals surface area contributed by atoms with Gasteiger partial charge in [-0.2, -0.15) is 0 Å². The standard InChI is InChI=1S/C23H22BrN3O4/c1-31-23(30)20(10-14-12-25-19-5-3-2-4-18(14)19)26-22(29)15-11-21(28)27(13-15)17-8-6-16(24)7-9-17/h2-9,12,15,20,25H,10-11,13H2,1H3,(H,26,29). The van der Waals surface area contributed by atoms with Crippen LogP contribution in [0.4, 0.5) is 5.69 Å². The number of aromatic nitrogens is 1. The maximum Gasteiger partial charge on any atom is 0.328 e. The number of hydrogen-bond donors (Lipinski definition) is 2. The van der Waals surface area contributed by atoms with Gasteiger partial charge in [0.2, 0.25) is 11.8 Å². The Balaban J connectivity index is 1.47. The van der Waals surface area contributed by atoms with Gasteiger partial charge in [-0.05, 0) is 35.9 Å². The topological polar surface area (TPSA) is 91.5 Å². The highest BCUT2D eigenvalue weighted by Crippen LogP contribution is 2.27. The molecular formula is C23H22BrN3O4. The highest BCUT2D eigenvalue weighted by molar-refractivity contribution is 9.10. The molecule has 2 amide bonds. The molecule has 3 aromatic rings. The zero-order valence-electron chi connectivity index (χ0n) is 16.9. The number of nitrogens with one attached hydrogen (secondary N) is 2. The van der Waals surface area contributed by atoms with Crippen LogP contribution in [0.5, 0.6) is 0 Å². The van der Waals surface area contributed by atoms with E-state index in [2.05, 4.69) is 26.2 Å². The Morgan fingerprint density at radius 2 is 1.97 bits per heavy atom. The highest BCUT2D eigenvalue weighted by atomic mass is 79.9. The van der Waals surface area contributed by atoms with Gasteiger partial charge in [-0.3, -0.25) is 9.59 Å². The first-order valence-electron chi connectivity index (χ1n) is 9.95. The van der Waals surface area contributed by atoms with Gasteiger partial charge in [0.15, 0.2) is 0 Å². The van der Waals surface area contributed by atoms with Crippen LogP contribution in [0.15, 0.2) is 59.2 Å². The van der Waals surface area contributed by atoms with E-state index in [1.165, 1.54) is 7.11 Å². The van der Waals surface area contributed by atoms with Crippen molar-refractivity contribution in [3.63, 3.8) is 0 Å². The van der Waals surface area contributed by atoms with Gasteiger partial charge in [0.1, 0.15) is 6.04 Å². The summed E-state index contributed by atoms with van der Waals surface area (Å²) in [7, 11) is 1.30. The average molecular weight is 484 g/mol. The molecule has 0 radical (unpaired) electrons. The van der Waals surface area contributed by atoms with Gasteiger partial charge in [0.25, 0.3) is 0 Å². The molecule has 160 valence electrons. The Morgan fingerprint density at radius 1 is 1.23 bits per heavy atom. The molecule has 7 nitrogen and oxygen atoms in total. The van der Waals surface area contributed by atoms with Gasteiger partial charge in [-0.1, -0.05) is 34.1 Å². The first kappa shape index (κ1) is 21.1. The average Bonchev–Trinajstić information content (AvgIpc) is 3.37. The number of ether oxygens (including phenoxy) is 1. The number of carbonyl (C=O) groups excluding carboxylic acids is 3. The van der Waals surface area contributed by atoms with E-state index in [4.69, 9.17) is 4.74 Å². The van der Waals surface area contributed by atoms with E-state index in [0.717, 1.165) is 26.6 Å². The normalized spacial score (nSPS) is 17.0. The minimum atomic E-state index is -0.839.